The number of nitrogen functional groups attached to an aromatic ring is 1. The second-order valence-corrected chi connectivity index (χ2v) is 3.87. The molecule has 1 unspecified atom stereocenters. The minimum absolute atomic E-state index is 0.0290. The van der Waals surface area contributed by atoms with Gasteiger partial charge in [0.2, 0.25) is 0 Å². The lowest BCUT2D eigenvalue weighted by Crippen LogP contribution is -2.25. The maximum Gasteiger partial charge on any atom is 0.125 e. The summed E-state index contributed by atoms with van der Waals surface area (Å²) in [5.74, 6) is 0.0290. The first-order valence-corrected chi connectivity index (χ1v) is 5.20. The summed E-state index contributed by atoms with van der Waals surface area (Å²) in [4.78, 5) is 5.96. The Hall–Kier alpha value is -1.62. The van der Waals surface area contributed by atoms with Gasteiger partial charge in [0.25, 0.3) is 0 Å². The van der Waals surface area contributed by atoms with E-state index in [1.54, 1.807) is 25.4 Å². The van der Waals surface area contributed by atoms with E-state index >= 15 is 0 Å². The predicted octanol–water partition coefficient (Wildman–Crippen LogP) is 0.573. The minimum atomic E-state index is -0.333. The lowest BCUT2D eigenvalue weighted by atomic mass is 10.2. The molecule has 0 amide bonds. The van der Waals surface area contributed by atoms with E-state index < -0.39 is 0 Å². The Labute approximate surface area is 95.4 Å². The summed E-state index contributed by atoms with van der Waals surface area (Å²) >= 11 is 0. The highest BCUT2D eigenvalue weighted by atomic mass is 16.3. The second-order valence-electron chi connectivity index (χ2n) is 3.87. The van der Waals surface area contributed by atoms with Gasteiger partial charge in [0.15, 0.2) is 0 Å². The number of hydrogen-bond acceptors (Lipinski definition) is 4. The maximum absolute atomic E-state index is 9.22. The summed E-state index contributed by atoms with van der Waals surface area (Å²) in [5.41, 5.74) is 6.97. The number of nitrogens with two attached hydrogens (primary N) is 1. The zero-order valence-corrected chi connectivity index (χ0v) is 9.64. The summed E-state index contributed by atoms with van der Waals surface area (Å²) in [6.07, 6.45) is 3.63. The van der Waals surface area contributed by atoms with Gasteiger partial charge in [0.1, 0.15) is 5.84 Å². The number of aliphatic hydroxyl groups is 1. The summed E-state index contributed by atoms with van der Waals surface area (Å²) in [6.45, 7) is 2.45. The maximum atomic E-state index is 9.22. The third kappa shape index (κ3) is 3.20. The fourth-order valence-electron chi connectivity index (χ4n) is 1.42. The van der Waals surface area contributed by atoms with Gasteiger partial charge in [-0.2, -0.15) is 0 Å². The molecule has 88 valence electrons. The molecule has 0 spiro atoms. The molecule has 0 aliphatic heterocycles. The molecule has 1 atom stereocenters. The highest BCUT2D eigenvalue weighted by molar-refractivity contribution is 6.00. The predicted molar refractivity (Wildman–Crippen MR) is 64.8 cm³/mol. The van der Waals surface area contributed by atoms with Crippen molar-refractivity contribution in [1.29, 1.82) is 5.41 Å². The van der Waals surface area contributed by atoms with Crippen LogP contribution >= 0.6 is 0 Å². The van der Waals surface area contributed by atoms with Crippen LogP contribution in [-0.4, -0.2) is 35.6 Å². The van der Waals surface area contributed by atoms with Gasteiger partial charge in [-0.05, 0) is 19.4 Å². The molecule has 0 saturated carbocycles. The van der Waals surface area contributed by atoms with Gasteiger partial charge in [-0.25, -0.2) is 0 Å². The smallest absolute Gasteiger partial charge is 0.125 e. The lowest BCUT2D eigenvalue weighted by Gasteiger charge is -2.22. The van der Waals surface area contributed by atoms with Crippen LogP contribution in [0.2, 0.25) is 0 Å². The number of anilines is 1. The van der Waals surface area contributed by atoms with Crippen LogP contribution < -0.4 is 10.6 Å². The molecule has 5 nitrogen and oxygen atoms in total. The number of nitrogens with one attached hydrogen (secondary N) is 1. The van der Waals surface area contributed by atoms with E-state index in [9.17, 15) is 5.11 Å². The highest BCUT2D eigenvalue weighted by Crippen LogP contribution is 2.17. The average Bonchev–Trinajstić information content (AvgIpc) is 2.25. The molecule has 1 rings (SSSR count). The van der Waals surface area contributed by atoms with Crippen LogP contribution in [0.25, 0.3) is 0 Å². The van der Waals surface area contributed by atoms with Crippen molar-refractivity contribution in [2.75, 3.05) is 18.5 Å². The minimum Gasteiger partial charge on any atom is -0.393 e. The molecule has 1 aromatic rings. The number of pyridine rings is 1. The zero-order chi connectivity index (χ0) is 12.1. The SMILES string of the molecule is CC(O)CCN(C)c1cnccc1C(=N)N. The molecule has 5 heteroatoms. The fraction of sp³-hybridized carbons (Fsp3) is 0.455. The second kappa shape index (κ2) is 5.46. The van der Waals surface area contributed by atoms with Gasteiger partial charge in [0, 0.05) is 25.4 Å². The van der Waals surface area contributed by atoms with Crippen molar-refractivity contribution in [1.82, 2.24) is 4.98 Å². The van der Waals surface area contributed by atoms with Crippen LogP contribution in [0.1, 0.15) is 18.9 Å². The molecule has 0 saturated heterocycles. The molecule has 0 fully saturated rings. The monoisotopic (exact) mass is 222 g/mol. The number of nitrogens with zero attached hydrogens (tertiary/aromatic N) is 2. The molecule has 1 aromatic heterocycles. The Bertz CT molecular complexity index is 365. The topological polar surface area (TPSA) is 86.2 Å². The van der Waals surface area contributed by atoms with Crippen LogP contribution in [-0.2, 0) is 0 Å². The average molecular weight is 222 g/mol. The van der Waals surface area contributed by atoms with Gasteiger partial charge in [-0.15, -0.1) is 0 Å². The van der Waals surface area contributed by atoms with Gasteiger partial charge in [-0.3, -0.25) is 10.4 Å². The van der Waals surface area contributed by atoms with Gasteiger partial charge >= 0.3 is 0 Å². The molecular weight excluding hydrogens is 204 g/mol. The van der Waals surface area contributed by atoms with Crippen molar-refractivity contribution in [2.45, 2.75) is 19.4 Å². The number of amidine groups is 1. The molecule has 16 heavy (non-hydrogen) atoms. The summed E-state index contributed by atoms with van der Waals surface area (Å²) in [6, 6.07) is 1.72. The Balaban J connectivity index is 2.82. The first-order chi connectivity index (χ1) is 7.52. The Kier molecular flexibility index (Phi) is 4.25. The van der Waals surface area contributed by atoms with Crippen molar-refractivity contribution in [3.05, 3.63) is 24.0 Å². The molecule has 0 aliphatic carbocycles. The summed E-state index contributed by atoms with van der Waals surface area (Å²) in [7, 11) is 1.89. The third-order valence-corrected chi connectivity index (χ3v) is 2.38. The summed E-state index contributed by atoms with van der Waals surface area (Å²) in [5, 5.41) is 16.7. The van der Waals surface area contributed by atoms with Gasteiger partial charge < -0.3 is 15.7 Å². The first-order valence-electron chi connectivity index (χ1n) is 5.20. The lowest BCUT2D eigenvalue weighted by molar-refractivity contribution is 0.187. The Morgan fingerprint density at radius 2 is 2.38 bits per heavy atom. The van der Waals surface area contributed by atoms with E-state index in [0.717, 1.165) is 5.69 Å². The number of rotatable bonds is 5. The molecule has 0 aliphatic rings. The quantitative estimate of drug-likeness (QED) is 0.502. The largest absolute Gasteiger partial charge is 0.393 e. The molecule has 4 N–H and O–H groups in total. The number of aliphatic hydroxyl groups excluding tert-OH is 1. The Morgan fingerprint density at radius 3 is 2.94 bits per heavy atom. The fourth-order valence-corrected chi connectivity index (χ4v) is 1.42. The standard InChI is InChI=1S/C11H18N4O/c1-8(16)4-6-15(2)10-7-14-5-3-9(10)11(12)13/h3,5,7-8,16H,4,6H2,1-2H3,(H3,12,13). The first kappa shape index (κ1) is 12.4. The van der Waals surface area contributed by atoms with Gasteiger partial charge in [-0.1, -0.05) is 0 Å². The van der Waals surface area contributed by atoms with Gasteiger partial charge in [0.05, 0.1) is 18.0 Å². The third-order valence-electron chi connectivity index (χ3n) is 2.38. The number of hydrogen-bond donors (Lipinski definition) is 3. The van der Waals surface area contributed by atoms with Crippen LogP contribution in [0.15, 0.2) is 18.5 Å². The molecule has 1 heterocycles. The summed E-state index contributed by atoms with van der Waals surface area (Å²) < 4.78 is 0. The van der Waals surface area contributed by atoms with E-state index in [1.165, 1.54) is 0 Å². The van der Waals surface area contributed by atoms with Crippen LogP contribution in [0.3, 0.4) is 0 Å². The van der Waals surface area contributed by atoms with E-state index in [4.69, 9.17) is 11.1 Å². The van der Waals surface area contributed by atoms with Crippen molar-refractivity contribution < 1.29 is 5.11 Å². The van der Waals surface area contributed by atoms with E-state index in [0.29, 0.717) is 18.5 Å². The van der Waals surface area contributed by atoms with Crippen molar-refractivity contribution in [2.24, 2.45) is 5.73 Å². The molecule has 0 aromatic carbocycles. The van der Waals surface area contributed by atoms with Crippen molar-refractivity contribution in [3.63, 3.8) is 0 Å². The highest BCUT2D eigenvalue weighted by Gasteiger charge is 2.10. The van der Waals surface area contributed by atoms with Crippen LogP contribution in [0.5, 0.6) is 0 Å². The molecule has 0 bridgehead atoms. The zero-order valence-electron chi connectivity index (χ0n) is 9.64. The molecule has 0 radical (unpaired) electrons. The van der Waals surface area contributed by atoms with Crippen LogP contribution in [0.4, 0.5) is 5.69 Å². The van der Waals surface area contributed by atoms with Crippen LogP contribution in [0, 0.1) is 5.41 Å². The van der Waals surface area contributed by atoms with E-state index in [1.807, 2.05) is 11.9 Å². The van der Waals surface area contributed by atoms with Crippen molar-refractivity contribution in [3.8, 4) is 0 Å². The molecular formula is C11H18N4O. The number of aromatic nitrogens is 1. The Morgan fingerprint density at radius 1 is 1.69 bits per heavy atom. The van der Waals surface area contributed by atoms with Crippen molar-refractivity contribution >= 4 is 11.5 Å². The normalized spacial score (nSPS) is 12.2. The van der Waals surface area contributed by atoms with E-state index in [2.05, 4.69) is 4.98 Å². The van der Waals surface area contributed by atoms with E-state index in [-0.39, 0.29) is 11.9 Å².